The quantitative estimate of drug-likeness (QED) is 0.800. The third-order valence-corrected chi connectivity index (χ3v) is 4.22. The van der Waals surface area contributed by atoms with Crippen LogP contribution in [-0.2, 0) is 18.4 Å². The predicted molar refractivity (Wildman–Crippen MR) is 73.7 cm³/mol. The van der Waals surface area contributed by atoms with Crippen LogP contribution in [0.2, 0.25) is 0 Å². The summed E-state index contributed by atoms with van der Waals surface area (Å²) in [5.41, 5.74) is 3.29. The van der Waals surface area contributed by atoms with E-state index in [9.17, 15) is 0 Å². The Labute approximate surface area is 109 Å². The summed E-state index contributed by atoms with van der Waals surface area (Å²) in [6.07, 6.45) is 7.71. The molecule has 1 aromatic heterocycles. The highest BCUT2D eigenvalue weighted by molar-refractivity contribution is 5.33. The van der Waals surface area contributed by atoms with Crippen molar-refractivity contribution < 1.29 is 0 Å². The summed E-state index contributed by atoms with van der Waals surface area (Å²) in [7, 11) is 0. The zero-order valence-corrected chi connectivity index (χ0v) is 11.2. The number of rotatable bonds is 4. The Morgan fingerprint density at radius 3 is 2.44 bits per heavy atom. The smallest absolute Gasteiger partial charge is 0.105 e. The molecule has 94 valence electrons. The van der Waals surface area contributed by atoms with Gasteiger partial charge in [0.2, 0.25) is 0 Å². The van der Waals surface area contributed by atoms with Crippen LogP contribution in [0.5, 0.6) is 0 Å². The first-order chi connectivity index (χ1) is 8.73. The second-order valence-electron chi connectivity index (χ2n) is 5.43. The average molecular weight is 240 g/mol. The Hall–Kier alpha value is -1.57. The van der Waals surface area contributed by atoms with Crippen molar-refractivity contribution in [3.05, 3.63) is 53.6 Å². The van der Waals surface area contributed by atoms with E-state index >= 15 is 0 Å². The molecule has 1 aliphatic carbocycles. The van der Waals surface area contributed by atoms with Crippen molar-refractivity contribution in [2.45, 2.75) is 45.1 Å². The molecule has 2 heteroatoms. The fourth-order valence-electron chi connectivity index (χ4n) is 2.68. The van der Waals surface area contributed by atoms with E-state index in [0.29, 0.717) is 5.41 Å². The molecule has 1 aromatic carbocycles. The Morgan fingerprint density at radius 2 is 1.94 bits per heavy atom. The zero-order chi connectivity index (χ0) is 12.6. The van der Waals surface area contributed by atoms with Crippen LogP contribution in [0.3, 0.4) is 0 Å². The van der Waals surface area contributed by atoms with Gasteiger partial charge in [0, 0.05) is 24.4 Å². The predicted octanol–water partition coefficient (Wildman–Crippen LogP) is 3.49. The van der Waals surface area contributed by atoms with E-state index in [-0.39, 0.29) is 0 Å². The molecule has 0 N–H and O–H groups in total. The van der Waals surface area contributed by atoms with Crippen LogP contribution in [0.4, 0.5) is 0 Å². The van der Waals surface area contributed by atoms with Gasteiger partial charge in [0.15, 0.2) is 0 Å². The zero-order valence-electron chi connectivity index (χ0n) is 11.2. The number of nitrogens with zero attached hydrogens (tertiary/aromatic N) is 2. The van der Waals surface area contributed by atoms with E-state index < -0.39 is 0 Å². The first-order valence-electron chi connectivity index (χ1n) is 6.81. The van der Waals surface area contributed by atoms with Gasteiger partial charge in [-0.15, -0.1) is 0 Å². The average Bonchev–Trinajstić information content (AvgIpc) is 3.08. The standard InChI is InChI=1S/C16H20N2/c1-3-14-4-6-15(7-5-14)16(8-9-16)12-18-11-10-17-13(18)2/h4-7,10-11H,3,8-9,12H2,1-2H3. The molecular formula is C16H20N2. The Morgan fingerprint density at radius 1 is 1.22 bits per heavy atom. The summed E-state index contributed by atoms with van der Waals surface area (Å²) in [5, 5.41) is 0. The second kappa shape index (κ2) is 4.27. The Bertz CT molecular complexity index is 532. The van der Waals surface area contributed by atoms with Gasteiger partial charge in [0.25, 0.3) is 0 Å². The third-order valence-electron chi connectivity index (χ3n) is 4.22. The maximum Gasteiger partial charge on any atom is 0.105 e. The van der Waals surface area contributed by atoms with Crippen LogP contribution in [0.25, 0.3) is 0 Å². The normalized spacial score (nSPS) is 16.8. The van der Waals surface area contributed by atoms with Gasteiger partial charge in [-0.3, -0.25) is 0 Å². The highest BCUT2D eigenvalue weighted by atomic mass is 15.1. The topological polar surface area (TPSA) is 17.8 Å². The molecule has 0 bridgehead atoms. The van der Waals surface area contributed by atoms with Crippen LogP contribution < -0.4 is 0 Å². The first kappa shape index (κ1) is 11.5. The summed E-state index contributed by atoms with van der Waals surface area (Å²) in [6.45, 7) is 5.36. The second-order valence-corrected chi connectivity index (χ2v) is 5.43. The lowest BCUT2D eigenvalue weighted by atomic mass is 9.94. The minimum absolute atomic E-state index is 0.373. The van der Waals surface area contributed by atoms with E-state index in [2.05, 4.69) is 53.9 Å². The molecule has 0 atom stereocenters. The number of imidazole rings is 1. The van der Waals surface area contributed by atoms with Gasteiger partial charge in [0.05, 0.1) is 0 Å². The summed E-state index contributed by atoms with van der Waals surface area (Å²) in [6, 6.07) is 9.18. The van der Waals surface area contributed by atoms with E-state index in [1.165, 1.54) is 24.0 Å². The summed E-state index contributed by atoms with van der Waals surface area (Å²) in [4.78, 5) is 4.31. The highest BCUT2D eigenvalue weighted by Gasteiger charge is 2.44. The maximum atomic E-state index is 4.31. The number of aromatic nitrogens is 2. The molecule has 0 aliphatic heterocycles. The molecule has 18 heavy (non-hydrogen) atoms. The van der Waals surface area contributed by atoms with Gasteiger partial charge in [-0.25, -0.2) is 4.98 Å². The van der Waals surface area contributed by atoms with Gasteiger partial charge in [-0.05, 0) is 37.3 Å². The van der Waals surface area contributed by atoms with Gasteiger partial charge in [-0.2, -0.15) is 0 Å². The molecular weight excluding hydrogens is 220 g/mol. The van der Waals surface area contributed by atoms with Gasteiger partial charge in [-0.1, -0.05) is 31.2 Å². The van der Waals surface area contributed by atoms with Crippen molar-refractivity contribution in [3.63, 3.8) is 0 Å². The van der Waals surface area contributed by atoms with Gasteiger partial charge >= 0.3 is 0 Å². The monoisotopic (exact) mass is 240 g/mol. The Kier molecular flexibility index (Phi) is 2.73. The number of hydrogen-bond donors (Lipinski definition) is 0. The van der Waals surface area contributed by atoms with Crippen molar-refractivity contribution in [2.75, 3.05) is 0 Å². The summed E-state index contributed by atoms with van der Waals surface area (Å²) >= 11 is 0. The number of benzene rings is 1. The molecule has 1 heterocycles. The molecule has 0 radical (unpaired) electrons. The molecule has 0 unspecified atom stereocenters. The number of aryl methyl sites for hydroxylation is 2. The molecule has 0 spiro atoms. The van der Waals surface area contributed by atoms with E-state index in [0.717, 1.165) is 18.8 Å². The molecule has 1 aliphatic rings. The van der Waals surface area contributed by atoms with Gasteiger partial charge in [0.1, 0.15) is 5.82 Å². The van der Waals surface area contributed by atoms with Crippen molar-refractivity contribution in [1.82, 2.24) is 9.55 Å². The number of hydrogen-bond acceptors (Lipinski definition) is 1. The van der Waals surface area contributed by atoms with Crippen molar-refractivity contribution in [2.24, 2.45) is 0 Å². The molecule has 0 amide bonds. The van der Waals surface area contributed by atoms with Crippen molar-refractivity contribution in [1.29, 1.82) is 0 Å². The van der Waals surface area contributed by atoms with E-state index in [4.69, 9.17) is 0 Å². The van der Waals surface area contributed by atoms with Crippen LogP contribution in [0, 0.1) is 6.92 Å². The summed E-state index contributed by atoms with van der Waals surface area (Å²) < 4.78 is 2.28. The van der Waals surface area contributed by atoms with E-state index in [1.807, 2.05) is 6.20 Å². The molecule has 0 saturated heterocycles. The fourth-order valence-corrected chi connectivity index (χ4v) is 2.68. The fraction of sp³-hybridized carbons (Fsp3) is 0.438. The van der Waals surface area contributed by atoms with Crippen LogP contribution >= 0.6 is 0 Å². The lowest BCUT2D eigenvalue weighted by Gasteiger charge is -2.18. The van der Waals surface area contributed by atoms with Crippen LogP contribution in [0.15, 0.2) is 36.7 Å². The SMILES string of the molecule is CCc1ccc(C2(Cn3ccnc3C)CC2)cc1. The molecule has 1 saturated carbocycles. The maximum absolute atomic E-state index is 4.31. The molecule has 3 rings (SSSR count). The first-order valence-corrected chi connectivity index (χ1v) is 6.81. The minimum atomic E-state index is 0.373. The van der Waals surface area contributed by atoms with Crippen molar-refractivity contribution >= 4 is 0 Å². The summed E-state index contributed by atoms with van der Waals surface area (Å²) in [5.74, 6) is 1.12. The molecule has 1 fully saturated rings. The van der Waals surface area contributed by atoms with Crippen LogP contribution in [0.1, 0.15) is 36.7 Å². The lowest BCUT2D eigenvalue weighted by molar-refractivity contribution is 0.537. The minimum Gasteiger partial charge on any atom is -0.334 e. The van der Waals surface area contributed by atoms with Gasteiger partial charge < -0.3 is 4.57 Å². The molecule has 2 nitrogen and oxygen atoms in total. The third kappa shape index (κ3) is 1.96. The largest absolute Gasteiger partial charge is 0.334 e. The van der Waals surface area contributed by atoms with Crippen LogP contribution in [-0.4, -0.2) is 9.55 Å². The van der Waals surface area contributed by atoms with Crippen molar-refractivity contribution in [3.8, 4) is 0 Å². The molecule has 2 aromatic rings. The van der Waals surface area contributed by atoms with E-state index in [1.54, 1.807) is 0 Å². The lowest BCUT2D eigenvalue weighted by Crippen LogP contribution is -2.16. The Balaban J connectivity index is 1.84. The highest BCUT2D eigenvalue weighted by Crippen LogP contribution is 2.49.